The van der Waals surface area contributed by atoms with E-state index in [0.29, 0.717) is 0 Å². The molecule has 190 valence electrons. The number of benzene rings is 3. The normalized spacial score (nSPS) is 9.84. The summed E-state index contributed by atoms with van der Waals surface area (Å²) < 4.78 is 0. The van der Waals surface area contributed by atoms with Crippen molar-refractivity contribution in [3.05, 3.63) is 96.3 Å². The number of carbonyl (C=O) groups is 2. The first kappa shape index (κ1) is 29.3. The number of hydrogen-bond donors (Lipinski definition) is 0. The van der Waals surface area contributed by atoms with Crippen LogP contribution < -0.4 is 10.2 Å². The van der Waals surface area contributed by atoms with Gasteiger partial charge in [-0.3, -0.25) is 9.97 Å². The van der Waals surface area contributed by atoms with Gasteiger partial charge in [0, 0.05) is 34.1 Å². The van der Waals surface area contributed by atoms with Crippen LogP contribution in [0, 0.1) is 13.8 Å². The number of aliphatic carboxylic acids is 2. The molecule has 3 aromatic carbocycles. The zero-order valence-corrected chi connectivity index (χ0v) is 22.5. The molecule has 0 N–H and O–H groups in total. The van der Waals surface area contributed by atoms with E-state index in [9.17, 15) is 0 Å². The second-order valence-corrected chi connectivity index (χ2v) is 8.20. The molecule has 0 aliphatic heterocycles. The summed E-state index contributed by atoms with van der Waals surface area (Å²) in [4.78, 5) is 27.6. The van der Waals surface area contributed by atoms with Crippen LogP contribution in [0.1, 0.15) is 25.2 Å². The molecule has 0 amide bonds. The number of rotatable bonds is 2. The maximum absolute atomic E-state index is 8.89. The smallest absolute Gasteiger partial charge is 0.550 e. The van der Waals surface area contributed by atoms with Gasteiger partial charge in [0.05, 0.1) is 11.0 Å². The Bertz CT molecular complexity index is 1400. The molecule has 0 atom stereocenters. The number of nitrogens with zero attached hydrogens (tertiary/aromatic N) is 2. The van der Waals surface area contributed by atoms with E-state index >= 15 is 0 Å². The minimum Gasteiger partial charge on any atom is -0.550 e. The molecule has 0 radical (unpaired) electrons. The average molecular weight is 585 g/mol. The minimum atomic E-state index is -1.08. The van der Waals surface area contributed by atoms with E-state index in [1.54, 1.807) is 0 Å². The Labute approximate surface area is 229 Å². The van der Waals surface area contributed by atoms with Gasteiger partial charge >= 0.3 is 20.4 Å². The van der Waals surface area contributed by atoms with Crippen molar-refractivity contribution in [3.63, 3.8) is 0 Å². The fraction of sp³-hybridized carbons (Fsp3) is 0.133. The molecule has 0 bridgehead atoms. The number of carboxylic acid groups (broad SMARTS) is 2. The van der Waals surface area contributed by atoms with Gasteiger partial charge in [0.1, 0.15) is 0 Å². The van der Waals surface area contributed by atoms with E-state index in [1.165, 1.54) is 22.3 Å². The first-order valence-corrected chi connectivity index (χ1v) is 11.3. The second kappa shape index (κ2) is 13.4. The summed E-state index contributed by atoms with van der Waals surface area (Å²) in [5.74, 6) is -2.17. The molecule has 0 saturated carbocycles. The number of aryl methyl sites for hydroxylation is 2. The van der Waals surface area contributed by atoms with Gasteiger partial charge in [0.25, 0.3) is 0 Å². The van der Waals surface area contributed by atoms with Gasteiger partial charge in [-0.2, -0.15) is 0 Å². The first-order chi connectivity index (χ1) is 17.2. The van der Waals surface area contributed by atoms with Crippen molar-refractivity contribution in [2.75, 3.05) is 0 Å². The van der Waals surface area contributed by atoms with Crippen LogP contribution in [0.4, 0.5) is 0 Å². The van der Waals surface area contributed by atoms with Crippen molar-refractivity contribution in [3.8, 4) is 22.3 Å². The van der Waals surface area contributed by atoms with E-state index in [0.717, 1.165) is 47.0 Å². The molecule has 37 heavy (non-hydrogen) atoms. The van der Waals surface area contributed by atoms with E-state index in [4.69, 9.17) is 29.8 Å². The summed E-state index contributed by atoms with van der Waals surface area (Å²) in [7, 11) is 0. The van der Waals surface area contributed by atoms with E-state index in [-0.39, 0.29) is 20.4 Å². The largest absolute Gasteiger partial charge is 2.00 e. The fourth-order valence-corrected chi connectivity index (χ4v) is 3.94. The van der Waals surface area contributed by atoms with Gasteiger partial charge < -0.3 is 19.8 Å². The van der Waals surface area contributed by atoms with Gasteiger partial charge in [0.15, 0.2) is 0 Å². The summed E-state index contributed by atoms with van der Waals surface area (Å²) in [6, 6.07) is 29.7. The molecule has 0 aliphatic carbocycles. The molecule has 0 saturated heterocycles. The van der Waals surface area contributed by atoms with Crippen LogP contribution >= 0.6 is 0 Å². The molecule has 0 fully saturated rings. The summed E-state index contributed by atoms with van der Waals surface area (Å²) in [5.41, 5.74) is 8.76. The summed E-state index contributed by atoms with van der Waals surface area (Å²) in [5, 5.41) is 20.1. The monoisotopic (exact) mass is 584 g/mol. The first-order valence-electron chi connectivity index (χ1n) is 11.3. The molecule has 2 aromatic heterocycles. The van der Waals surface area contributed by atoms with E-state index in [2.05, 4.69) is 86.6 Å². The minimum absolute atomic E-state index is 0. The van der Waals surface area contributed by atoms with Gasteiger partial charge in [-0.15, -0.1) is 0 Å². The Morgan fingerprint density at radius 3 is 1.19 bits per heavy atom. The summed E-state index contributed by atoms with van der Waals surface area (Å²) in [6.45, 7) is 6.05. The van der Waals surface area contributed by atoms with Crippen LogP contribution in [-0.4, -0.2) is 21.9 Å². The Kier molecular flexibility index (Phi) is 10.6. The van der Waals surface area contributed by atoms with E-state index in [1.807, 2.05) is 12.1 Å². The van der Waals surface area contributed by atoms with Gasteiger partial charge in [-0.25, -0.2) is 0 Å². The summed E-state index contributed by atoms with van der Waals surface area (Å²) >= 11 is 0. The molecular formula is C30H26N2O4Pd. The van der Waals surface area contributed by atoms with Crippen molar-refractivity contribution in [2.24, 2.45) is 0 Å². The SMILES string of the molecule is CC(=O)[O-].CC(=O)[O-].Cc1cc(-c2ccccc2)c2ccc3c(-c4ccccc4)cc(C)nc3c2n1.[Pd+2]. The second-order valence-electron chi connectivity index (χ2n) is 8.20. The molecule has 7 heteroatoms. The van der Waals surface area contributed by atoms with Crippen molar-refractivity contribution in [2.45, 2.75) is 27.7 Å². The Hall–Kier alpha value is -3.92. The Morgan fingerprint density at radius 1 is 0.595 bits per heavy atom. The molecule has 0 aliphatic rings. The van der Waals surface area contributed by atoms with Gasteiger partial charge in [-0.05, 0) is 62.1 Å². The maximum Gasteiger partial charge on any atom is 2.00 e. The van der Waals surface area contributed by atoms with Crippen LogP contribution in [0.2, 0.25) is 0 Å². The van der Waals surface area contributed by atoms with Crippen molar-refractivity contribution in [1.29, 1.82) is 0 Å². The molecular weight excluding hydrogens is 559 g/mol. The van der Waals surface area contributed by atoms with E-state index < -0.39 is 11.9 Å². The number of carbonyl (C=O) groups excluding carboxylic acids is 2. The third-order valence-corrected chi connectivity index (χ3v) is 5.18. The molecule has 6 nitrogen and oxygen atoms in total. The molecule has 2 heterocycles. The van der Waals surface area contributed by atoms with Crippen molar-refractivity contribution >= 4 is 33.7 Å². The fourth-order valence-electron chi connectivity index (χ4n) is 3.94. The topological polar surface area (TPSA) is 106 Å². The van der Waals surface area contributed by atoms with Gasteiger partial charge in [-0.1, -0.05) is 72.8 Å². The zero-order valence-electron chi connectivity index (χ0n) is 20.9. The average Bonchev–Trinajstić information content (AvgIpc) is 2.83. The standard InChI is InChI=1S/C26H20N2.2C2H4O2.Pd/c1-17-15-23(19-9-5-3-6-10-19)21-13-14-22-24(20-11-7-4-8-12-20)16-18(2)28-26(22)25(21)27-17;2*1-2(3)4;/h3-16H,1-2H3;2*1H3,(H,3,4);/q;;;+2/p-2. The third-order valence-electron chi connectivity index (χ3n) is 5.18. The van der Waals surface area contributed by atoms with Crippen LogP contribution in [0.25, 0.3) is 44.1 Å². The van der Waals surface area contributed by atoms with Crippen LogP contribution in [0.3, 0.4) is 0 Å². The molecule has 5 aromatic rings. The Balaban J connectivity index is 0.000000473. The number of pyridine rings is 2. The van der Waals surface area contributed by atoms with Crippen molar-refractivity contribution < 1.29 is 40.2 Å². The predicted molar refractivity (Wildman–Crippen MR) is 139 cm³/mol. The summed E-state index contributed by atoms with van der Waals surface area (Å²) in [6.07, 6.45) is 0. The van der Waals surface area contributed by atoms with Crippen molar-refractivity contribution in [1.82, 2.24) is 9.97 Å². The number of fused-ring (bicyclic) bond motifs is 3. The zero-order chi connectivity index (χ0) is 26.2. The number of hydrogen-bond acceptors (Lipinski definition) is 6. The molecule has 5 rings (SSSR count). The van der Waals surface area contributed by atoms with Gasteiger partial charge in [0.2, 0.25) is 0 Å². The molecule has 0 spiro atoms. The third kappa shape index (κ3) is 7.78. The van der Waals surface area contributed by atoms with Crippen LogP contribution in [0.5, 0.6) is 0 Å². The maximum atomic E-state index is 8.89. The predicted octanol–water partition coefficient (Wildman–Crippen LogP) is 4.24. The number of aromatic nitrogens is 2. The van der Waals surface area contributed by atoms with Crippen LogP contribution in [-0.2, 0) is 30.0 Å². The molecule has 0 unspecified atom stereocenters. The quantitative estimate of drug-likeness (QED) is 0.227. The van der Waals surface area contributed by atoms with Crippen LogP contribution in [0.15, 0.2) is 84.9 Å². The Morgan fingerprint density at radius 2 is 0.892 bits per heavy atom. The number of carboxylic acids is 2.